The van der Waals surface area contributed by atoms with E-state index in [0.29, 0.717) is 11.3 Å². The zero-order valence-electron chi connectivity index (χ0n) is 7.18. The third-order valence-electron chi connectivity index (χ3n) is 2.00. The number of fused-ring (bicyclic) bond motifs is 1. The molecule has 0 bridgehead atoms. The minimum atomic E-state index is -1.47. The molecule has 13 heavy (non-hydrogen) atoms. The van der Waals surface area contributed by atoms with Crippen LogP contribution in [0, 0.1) is 6.92 Å². The molecule has 0 saturated carbocycles. The largest absolute Gasteiger partial charge is 0.508 e. The Hall–Kier alpha value is -1.33. The molecule has 2 rings (SSSR count). The van der Waals surface area contributed by atoms with Gasteiger partial charge in [0.1, 0.15) is 5.65 Å². The normalized spacial score (nSPS) is 10.7. The Morgan fingerprint density at radius 3 is 2.85 bits per heavy atom. The Labute approximate surface area is 75.6 Å². The van der Waals surface area contributed by atoms with Crippen LogP contribution in [-0.4, -0.2) is 26.6 Å². The highest BCUT2D eigenvalue weighted by Crippen LogP contribution is 2.01. The second-order valence-corrected chi connectivity index (χ2v) is 2.88. The number of aryl methyl sites for hydroxylation is 1. The quantitative estimate of drug-likeness (QED) is 0.566. The van der Waals surface area contributed by atoms with Gasteiger partial charge in [-0.1, -0.05) is 6.07 Å². The fourth-order valence-electron chi connectivity index (χ4n) is 1.44. The van der Waals surface area contributed by atoms with E-state index in [1.54, 1.807) is 17.5 Å². The van der Waals surface area contributed by atoms with Crippen LogP contribution >= 0.6 is 0 Å². The Morgan fingerprint density at radius 1 is 1.38 bits per heavy atom. The summed E-state index contributed by atoms with van der Waals surface area (Å²) >= 11 is 0. The first kappa shape index (κ1) is 8.28. The van der Waals surface area contributed by atoms with Gasteiger partial charge in [-0.25, -0.2) is 4.98 Å². The molecule has 0 amide bonds. The third kappa shape index (κ3) is 1.22. The summed E-state index contributed by atoms with van der Waals surface area (Å²) in [5.74, 6) is 0. The molecule has 2 aromatic heterocycles. The molecule has 0 fully saturated rings. The van der Waals surface area contributed by atoms with Crippen LogP contribution < -0.4 is 5.59 Å². The molecule has 2 heterocycles. The molecule has 0 saturated heterocycles. The zero-order valence-corrected chi connectivity index (χ0v) is 7.18. The molecule has 0 spiro atoms. The molecule has 0 aromatic carbocycles. The lowest BCUT2D eigenvalue weighted by Crippen LogP contribution is -2.35. The van der Waals surface area contributed by atoms with Crippen LogP contribution in [0.15, 0.2) is 24.4 Å². The molecular formula is C8H9BN2O2. The summed E-state index contributed by atoms with van der Waals surface area (Å²) in [5, 5.41) is 18.2. The molecule has 4 nitrogen and oxygen atoms in total. The van der Waals surface area contributed by atoms with Crippen molar-refractivity contribution in [3.63, 3.8) is 0 Å². The molecule has 0 aliphatic rings. The van der Waals surface area contributed by atoms with E-state index in [0.717, 1.165) is 5.65 Å². The number of nitrogens with zero attached hydrogens (tertiary/aromatic N) is 2. The van der Waals surface area contributed by atoms with Crippen LogP contribution in [0.25, 0.3) is 5.65 Å². The van der Waals surface area contributed by atoms with Crippen molar-refractivity contribution in [1.82, 2.24) is 9.38 Å². The molecule has 0 aliphatic heterocycles. The fourth-order valence-corrected chi connectivity index (χ4v) is 1.44. The topological polar surface area (TPSA) is 57.8 Å². The van der Waals surface area contributed by atoms with Gasteiger partial charge in [0.05, 0.1) is 11.3 Å². The maximum absolute atomic E-state index is 9.09. The van der Waals surface area contributed by atoms with Crippen molar-refractivity contribution in [1.29, 1.82) is 0 Å². The number of aromatic nitrogens is 2. The van der Waals surface area contributed by atoms with Crippen molar-refractivity contribution in [2.24, 2.45) is 0 Å². The summed E-state index contributed by atoms with van der Waals surface area (Å²) in [4.78, 5) is 4.18. The monoisotopic (exact) mass is 176 g/mol. The molecule has 0 radical (unpaired) electrons. The molecule has 5 heteroatoms. The second kappa shape index (κ2) is 2.87. The third-order valence-corrected chi connectivity index (χ3v) is 2.00. The summed E-state index contributed by atoms with van der Waals surface area (Å²) in [5.41, 5.74) is 1.79. The first-order chi connectivity index (χ1) is 6.20. The van der Waals surface area contributed by atoms with E-state index in [1.807, 2.05) is 18.2 Å². The first-order valence-electron chi connectivity index (χ1n) is 4.00. The van der Waals surface area contributed by atoms with Gasteiger partial charge in [-0.3, -0.25) is 0 Å². The van der Waals surface area contributed by atoms with Crippen molar-refractivity contribution < 1.29 is 10.0 Å². The molecular weight excluding hydrogens is 167 g/mol. The number of imidazole rings is 1. The van der Waals surface area contributed by atoms with Crippen molar-refractivity contribution in [2.75, 3.05) is 0 Å². The molecule has 2 aromatic rings. The molecule has 66 valence electrons. The number of pyridine rings is 1. The molecule has 0 aliphatic carbocycles. The minimum absolute atomic E-state index is 0.426. The lowest BCUT2D eigenvalue weighted by atomic mass is 9.84. The van der Waals surface area contributed by atoms with Gasteiger partial charge in [0.2, 0.25) is 0 Å². The lowest BCUT2D eigenvalue weighted by molar-refractivity contribution is 0.423. The predicted molar refractivity (Wildman–Crippen MR) is 49.8 cm³/mol. The van der Waals surface area contributed by atoms with Crippen LogP contribution in [0.5, 0.6) is 0 Å². The van der Waals surface area contributed by atoms with Gasteiger partial charge < -0.3 is 14.4 Å². The van der Waals surface area contributed by atoms with Crippen molar-refractivity contribution in [2.45, 2.75) is 6.92 Å². The maximum atomic E-state index is 9.09. The van der Waals surface area contributed by atoms with Crippen molar-refractivity contribution >= 4 is 18.4 Å². The summed E-state index contributed by atoms with van der Waals surface area (Å²) < 4.78 is 1.67. The van der Waals surface area contributed by atoms with E-state index in [4.69, 9.17) is 10.0 Å². The Morgan fingerprint density at radius 2 is 2.15 bits per heavy atom. The average molecular weight is 176 g/mol. The van der Waals surface area contributed by atoms with Gasteiger partial charge >= 0.3 is 7.12 Å². The highest BCUT2D eigenvalue weighted by atomic mass is 16.4. The fraction of sp³-hybridized carbons (Fsp3) is 0.125. The van der Waals surface area contributed by atoms with Crippen LogP contribution in [0.2, 0.25) is 0 Å². The van der Waals surface area contributed by atoms with Gasteiger partial charge in [-0.05, 0) is 19.1 Å². The lowest BCUT2D eigenvalue weighted by Gasteiger charge is -1.99. The van der Waals surface area contributed by atoms with Gasteiger partial charge in [-0.15, -0.1) is 0 Å². The van der Waals surface area contributed by atoms with Crippen molar-refractivity contribution in [3.8, 4) is 0 Å². The van der Waals surface area contributed by atoms with E-state index < -0.39 is 7.12 Å². The molecule has 2 N–H and O–H groups in total. The SMILES string of the molecule is Cc1nc2ccccn2c1B(O)O. The van der Waals surface area contributed by atoms with E-state index in [2.05, 4.69) is 4.98 Å². The molecule has 0 unspecified atom stereocenters. The average Bonchev–Trinajstić information content (AvgIpc) is 2.39. The van der Waals surface area contributed by atoms with E-state index >= 15 is 0 Å². The zero-order chi connectivity index (χ0) is 9.42. The van der Waals surface area contributed by atoms with Crippen LogP contribution in [-0.2, 0) is 0 Å². The van der Waals surface area contributed by atoms with Crippen molar-refractivity contribution in [3.05, 3.63) is 30.1 Å². The van der Waals surface area contributed by atoms with E-state index in [1.165, 1.54) is 0 Å². The Balaban J connectivity index is 2.78. The Bertz CT molecular complexity index is 439. The highest BCUT2D eigenvalue weighted by molar-refractivity contribution is 6.58. The summed E-state index contributed by atoms with van der Waals surface area (Å²) in [6.45, 7) is 1.75. The summed E-state index contributed by atoms with van der Waals surface area (Å²) in [7, 11) is -1.47. The van der Waals surface area contributed by atoms with Crippen LogP contribution in [0.3, 0.4) is 0 Å². The summed E-state index contributed by atoms with van der Waals surface area (Å²) in [6.07, 6.45) is 1.75. The summed E-state index contributed by atoms with van der Waals surface area (Å²) in [6, 6.07) is 5.49. The first-order valence-corrected chi connectivity index (χ1v) is 4.00. The van der Waals surface area contributed by atoms with E-state index in [-0.39, 0.29) is 0 Å². The van der Waals surface area contributed by atoms with Gasteiger partial charge in [0, 0.05) is 6.20 Å². The van der Waals surface area contributed by atoms with Crippen LogP contribution in [0.1, 0.15) is 5.69 Å². The minimum Gasteiger partial charge on any atom is -0.422 e. The second-order valence-electron chi connectivity index (χ2n) is 2.88. The highest BCUT2D eigenvalue weighted by Gasteiger charge is 2.19. The predicted octanol–water partition coefficient (Wildman–Crippen LogP) is -0.677. The number of hydrogen-bond acceptors (Lipinski definition) is 3. The van der Waals surface area contributed by atoms with Gasteiger partial charge in [0.25, 0.3) is 0 Å². The molecule has 0 atom stereocenters. The smallest absolute Gasteiger partial charge is 0.422 e. The van der Waals surface area contributed by atoms with Crippen LogP contribution in [0.4, 0.5) is 0 Å². The number of hydrogen-bond donors (Lipinski definition) is 2. The van der Waals surface area contributed by atoms with Gasteiger partial charge in [0.15, 0.2) is 0 Å². The standard InChI is InChI=1S/C8H9BN2O2/c1-6-8(9(12)13)11-5-3-2-4-7(11)10-6/h2-5,12-13H,1H3. The number of rotatable bonds is 1. The Kier molecular flexibility index (Phi) is 1.83. The van der Waals surface area contributed by atoms with Gasteiger partial charge in [-0.2, -0.15) is 0 Å². The van der Waals surface area contributed by atoms with E-state index in [9.17, 15) is 0 Å². The maximum Gasteiger partial charge on any atom is 0.508 e.